The van der Waals surface area contributed by atoms with Gasteiger partial charge in [-0.1, -0.05) is 196 Å². The molecule has 0 saturated heterocycles. The summed E-state index contributed by atoms with van der Waals surface area (Å²) in [4.78, 5) is 14.1. The van der Waals surface area contributed by atoms with E-state index in [-0.39, 0.29) is 0 Å². The van der Waals surface area contributed by atoms with Crippen LogP contribution in [0.5, 0.6) is 11.5 Å². The number of rotatable bonds is 8. The lowest BCUT2D eigenvalue weighted by Gasteiger charge is -2.35. The predicted octanol–water partition coefficient (Wildman–Crippen LogP) is 14.1. The van der Waals surface area contributed by atoms with E-state index in [1.165, 1.54) is 10.4 Å². The number of hydrogen-bond donors (Lipinski definition) is 0. The zero-order valence-electron chi connectivity index (χ0n) is 36.6. The SMILES string of the molecule is [2H]C1(c2ccc3c(c2-c2cccc(-c4c(-c5ccccc5)c(-c5ccccc5)c(-c5ncncn5)c(-c5ccccc5)c4-c4ccccc4)c2)Oc2ccccc2[Si]3(C)C)CCCC1. The van der Waals surface area contributed by atoms with Gasteiger partial charge in [-0.2, -0.15) is 0 Å². The first-order valence-electron chi connectivity index (χ1n) is 22.5. The van der Waals surface area contributed by atoms with Gasteiger partial charge in [-0.3, -0.25) is 0 Å². The molecule has 0 unspecified atom stereocenters. The lowest BCUT2D eigenvalue weighted by atomic mass is 9.75. The first-order valence-corrected chi connectivity index (χ1v) is 25.0. The molecule has 5 heteroatoms. The van der Waals surface area contributed by atoms with Gasteiger partial charge in [-0.05, 0) is 96.9 Å². The fraction of sp³-hybridized carbons (Fsp3) is 0.121. The first kappa shape index (κ1) is 37.5. The Labute approximate surface area is 372 Å². The Morgan fingerprint density at radius 3 is 1.44 bits per heavy atom. The van der Waals surface area contributed by atoms with Crippen LogP contribution in [0.2, 0.25) is 13.1 Å². The zero-order chi connectivity index (χ0) is 43.3. The van der Waals surface area contributed by atoms with Crippen LogP contribution >= 0.6 is 0 Å². The van der Waals surface area contributed by atoms with Crippen LogP contribution < -0.4 is 15.1 Å². The minimum absolute atomic E-state index is 0.601. The summed E-state index contributed by atoms with van der Waals surface area (Å²) in [6.45, 7) is 4.86. The molecule has 1 fully saturated rings. The quantitative estimate of drug-likeness (QED) is 0.143. The molecule has 304 valence electrons. The van der Waals surface area contributed by atoms with Gasteiger partial charge in [0.1, 0.15) is 32.2 Å². The van der Waals surface area contributed by atoms with Gasteiger partial charge in [-0.25, -0.2) is 15.0 Å². The highest BCUT2D eigenvalue weighted by Crippen LogP contribution is 2.56. The van der Waals surface area contributed by atoms with Crippen molar-refractivity contribution >= 4 is 18.4 Å². The lowest BCUT2D eigenvalue weighted by Crippen LogP contribution is -2.56. The minimum Gasteiger partial charge on any atom is -0.457 e. The van der Waals surface area contributed by atoms with E-state index < -0.39 is 14.0 Å². The second-order valence-electron chi connectivity index (χ2n) is 17.2. The molecule has 0 spiro atoms. The highest BCUT2D eigenvalue weighted by atomic mass is 28.3. The maximum Gasteiger partial charge on any atom is 0.163 e. The number of para-hydroxylation sites is 1. The summed E-state index contributed by atoms with van der Waals surface area (Å²) in [5.41, 5.74) is 14.8. The average Bonchev–Trinajstić information content (AvgIpc) is 3.81. The van der Waals surface area contributed by atoms with Crippen molar-refractivity contribution in [2.75, 3.05) is 0 Å². The van der Waals surface area contributed by atoms with Crippen LogP contribution in [-0.4, -0.2) is 23.0 Å². The van der Waals surface area contributed by atoms with Crippen molar-refractivity contribution in [3.63, 3.8) is 0 Å². The van der Waals surface area contributed by atoms with E-state index in [9.17, 15) is 1.37 Å². The fourth-order valence-corrected chi connectivity index (χ4v) is 13.0. The van der Waals surface area contributed by atoms with Gasteiger partial charge in [-0.15, -0.1) is 0 Å². The summed E-state index contributed by atoms with van der Waals surface area (Å²) < 4.78 is 17.2. The lowest BCUT2D eigenvalue weighted by molar-refractivity contribution is 0.487. The van der Waals surface area contributed by atoms with Crippen LogP contribution in [-0.2, 0) is 0 Å². The summed E-state index contributed by atoms with van der Waals surface area (Å²) in [5.74, 6) is 1.72. The molecular weight excluding hydrogens is 783 g/mol. The number of hydrogen-bond acceptors (Lipinski definition) is 4. The molecule has 1 saturated carbocycles. The van der Waals surface area contributed by atoms with Crippen molar-refractivity contribution in [3.8, 4) is 89.6 Å². The molecule has 2 aliphatic rings. The molecule has 9 aromatic rings. The summed E-state index contributed by atoms with van der Waals surface area (Å²) in [6.07, 6.45) is 6.93. The van der Waals surface area contributed by atoms with E-state index >= 15 is 0 Å². The van der Waals surface area contributed by atoms with Crippen LogP contribution in [0.15, 0.2) is 195 Å². The molecule has 0 radical (unpaired) electrons. The molecule has 1 aliphatic carbocycles. The molecule has 8 aromatic carbocycles. The van der Waals surface area contributed by atoms with Crippen LogP contribution in [0.4, 0.5) is 0 Å². The Hall–Kier alpha value is -7.21. The van der Waals surface area contributed by atoms with E-state index in [0.717, 1.165) is 115 Å². The highest BCUT2D eigenvalue weighted by molar-refractivity contribution is 7.01. The number of nitrogens with zero attached hydrogens (tertiary/aromatic N) is 3. The number of ether oxygens (including phenoxy) is 1. The second-order valence-corrected chi connectivity index (χ2v) is 21.5. The molecule has 0 N–H and O–H groups in total. The van der Waals surface area contributed by atoms with Crippen molar-refractivity contribution in [3.05, 3.63) is 200 Å². The molecule has 4 nitrogen and oxygen atoms in total. The third kappa shape index (κ3) is 6.80. The third-order valence-electron chi connectivity index (χ3n) is 13.1. The smallest absolute Gasteiger partial charge is 0.163 e. The molecule has 0 bridgehead atoms. The Morgan fingerprint density at radius 2 is 0.905 bits per heavy atom. The van der Waals surface area contributed by atoms with E-state index in [1.807, 2.05) is 0 Å². The normalized spacial score (nSPS) is 14.9. The van der Waals surface area contributed by atoms with Gasteiger partial charge in [0.15, 0.2) is 5.82 Å². The van der Waals surface area contributed by atoms with Crippen molar-refractivity contribution in [2.45, 2.75) is 44.7 Å². The van der Waals surface area contributed by atoms with Gasteiger partial charge >= 0.3 is 0 Å². The van der Waals surface area contributed by atoms with Gasteiger partial charge in [0.2, 0.25) is 0 Å². The Morgan fingerprint density at radius 1 is 0.460 bits per heavy atom. The highest BCUT2D eigenvalue weighted by Gasteiger charge is 2.39. The summed E-state index contributed by atoms with van der Waals surface area (Å²) in [5, 5.41) is 2.57. The molecule has 11 rings (SSSR count). The number of fused-ring (bicyclic) bond motifs is 2. The molecule has 1 aliphatic heterocycles. The Kier molecular flexibility index (Phi) is 9.68. The summed E-state index contributed by atoms with van der Waals surface area (Å²) in [6, 6.07) is 65.1. The third-order valence-corrected chi connectivity index (χ3v) is 16.6. The minimum atomic E-state index is -2.20. The molecule has 0 amide bonds. The monoisotopic (exact) mass is 830 g/mol. The molecule has 63 heavy (non-hydrogen) atoms. The van der Waals surface area contributed by atoms with Crippen molar-refractivity contribution < 1.29 is 6.11 Å². The van der Waals surface area contributed by atoms with Gasteiger partial charge < -0.3 is 4.74 Å². The van der Waals surface area contributed by atoms with Crippen molar-refractivity contribution in [1.29, 1.82) is 0 Å². The predicted molar refractivity (Wildman–Crippen MR) is 262 cm³/mol. The Balaban J connectivity index is 1.31. The topological polar surface area (TPSA) is 47.9 Å². The molecule has 2 heterocycles. The van der Waals surface area contributed by atoms with Crippen LogP contribution in [0.25, 0.3) is 78.1 Å². The van der Waals surface area contributed by atoms with E-state index in [0.29, 0.717) is 5.82 Å². The van der Waals surface area contributed by atoms with Crippen molar-refractivity contribution in [2.24, 2.45) is 0 Å². The van der Waals surface area contributed by atoms with Crippen LogP contribution in [0.1, 0.15) is 38.5 Å². The fourth-order valence-electron chi connectivity index (χ4n) is 10.2. The summed E-state index contributed by atoms with van der Waals surface area (Å²) in [7, 11) is -2.20. The van der Waals surface area contributed by atoms with E-state index in [4.69, 9.17) is 14.7 Å². The number of benzene rings is 8. The second kappa shape index (κ2) is 16.2. The molecule has 0 atom stereocenters. The maximum absolute atomic E-state index is 10.1. The van der Waals surface area contributed by atoms with E-state index in [2.05, 4.69) is 200 Å². The van der Waals surface area contributed by atoms with Gasteiger partial charge in [0.25, 0.3) is 0 Å². The average molecular weight is 831 g/mol. The first-order chi connectivity index (χ1) is 31.4. The van der Waals surface area contributed by atoms with Gasteiger partial charge in [0.05, 0.1) is 0 Å². The molecule has 1 aromatic heterocycles. The van der Waals surface area contributed by atoms with Crippen LogP contribution in [0.3, 0.4) is 0 Å². The zero-order valence-corrected chi connectivity index (χ0v) is 36.6. The standard InChI is InChI=1S/C58H47N3OSi/c1-63(2)48-33-18-17-32-47(48)62-57-49(63)35-34-46(39-20-15-16-21-39)50(57)44-30-19-31-45(36-44)55-51(40-22-7-3-8-23-40)53(42-26-11-5-12-27-42)56(58-60-37-59-38-61-58)54(43-28-13-6-14-29-43)52(55)41-24-9-4-10-25-41/h3-14,17-19,22-39H,15-16,20-21H2,1-2H3/i39D. The Bertz CT molecular complexity index is 3050. The summed E-state index contributed by atoms with van der Waals surface area (Å²) >= 11 is 0. The van der Waals surface area contributed by atoms with Gasteiger partial charge in [0, 0.05) is 23.6 Å². The van der Waals surface area contributed by atoms with Crippen molar-refractivity contribution in [1.82, 2.24) is 15.0 Å². The molecular formula is C58H47N3OSi. The van der Waals surface area contributed by atoms with Crippen LogP contribution in [0, 0.1) is 0 Å². The van der Waals surface area contributed by atoms with E-state index in [1.54, 1.807) is 12.7 Å². The number of aromatic nitrogens is 3. The maximum atomic E-state index is 10.1. The largest absolute Gasteiger partial charge is 0.457 e.